The lowest BCUT2D eigenvalue weighted by atomic mass is 10.1. The van der Waals surface area contributed by atoms with Gasteiger partial charge in [-0.2, -0.15) is 8.78 Å². The number of hydrogen-bond acceptors (Lipinski definition) is 4. The largest absolute Gasteiger partial charge is 0.464 e. The fraction of sp³-hybridized carbons (Fsp3) is 0.421. The van der Waals surface area contributed by atoms with Gasteiger partial charge >= 0.3 is 0 Å². The molecule has 1 aromatic heterocycles. The van der Waals surface area contributed by atoms with Gasteiger partial charge in [0.25, 0.3) is 5.76 Å². The Labute approximate surface area is 155 Å². The zero-order valence-corrected chi connectivity index (χ0v) is 15.3. The molecule has 0 saturated heterocycles. The SMILES string of the molecule is CC(NCc1ccc(CSC(F)F)o1)c1ccc(NC(=O)C2CC2)cc1. The molecule has 0 spiro atoms. The van der Waals surface area contributed by atoms with Gasteiger partial charge in [0, 0.05) is 17.6 Å². The molecule has 1 aliphatic rings. The zero-order chi connectivity index (χ0) is 18.5. The molecular formula is C19H22F2N2O2S. The van der Waals surface area contributed by atoms with Crippen LogP contribution in [0.3, 0.4) is 0 Å². The van der Waals surface area contributed by atoms with Gasteiger partial charge in [-0.25, -0.2) is 0 Å². The molecule has 1 saturated carbocycles. The second kappa shape index (κ2) is 8.68. The monoisotopic (exact) mass is 380 g/mol. The minimum Gasteiger partial charge on any atom is -0.464 e. The van der Waals surface area contributed by atoms with Crippen LogP contribution in [0.15, 0.2) is 40.8 Å². The van der Waals surface area contributed by atoms with Crippen molar-refractivity contribution < 1.29 is 18.0 Å². The van der Waals surface area contributed by atoms with Crippen molar-refractivity contribution in [3.05, 3.63) is 53.5 Å². The van der Waals surface area contributed by atoms with E-state index in [-0.39, 0.29) is 23.6 Å². The highest BCUT2D eigenvalue weighted by Gasteiger charge is 2.29. The highest BCUT2D eigenvalue weighted by atomic mass is 32.2. The first-order valence-corrected chi connectivity index (χ1v) is 9.67. The molecule has 1 unspecified atom stereocenters. The first kappa shape index (κ1) is 18.9. The number of halogens is 2. The van der Waals surface area contributed by atoms with Crippen LogP contribution in [0.4, 0.5) is 14.5 Å². The van der Waals surface area contributed by atoms with Gasteiger partial charge in [0.15, 0.2) is 0 Å². The first-order valence-electron chi connectivity index (χ1n) is 8.63. The third-order valence-electron chi connectivity index (χ3n) is 4.28. The van der Waals surface area contributed by atoms with Gasteiger partial charge < -0.3 is 15.1 Å². The number of amides is 1. The third-order valence-corrected chi connectivity index (χ3v) is 4.98. The number of carbonyl (C=O) groups is 1. The Balaban J connectivity index is 1.46. The number of anilines is 1. The lowest BCUT2D eigenvalue weighted by Gasteiger charge is -2.14. The first-order chi connectivity index (χ1) is 12.5. The molecule has 1 atom stereocenters. The van der Waals surface area contributed by atoms with Gasteiger partial charge in [-0.05, 0) is 49.6 Å². The normalized spacial score (nSPS) is 15.2. The van der Waals surface area contributed by atoms with Crippen molar-refractivity contribution in [2.24, 2.45) is 5.92 Å². The molecule has 1 aromatic carbocycles. The Hall–Kier alpha value is -1.86. The molecule has 4 nitrogen and oxygen atoms in total. The molecule has 1 heterocycles. The minimum atomic E-state index is -2.39. The summed E-state index contributed by atoms with van der Waals surface area (Å²) in [4.78, 5) is 11.8. The van der Waals surface area contributed by atoms with E-state index in [1.807, 2.05) is 31.2 Å². The smallest absolute Gasteiger partial charge is 0.284 e. The summed E-state index contributed by atoms with van der Waals surface area (Å²) in [5, 5.41) is 6.27. The van der Waals surface area contributed by atoms with Crippen LogP contribution in [0.2, 0.25) is 0 Å². The summed E-state index contributed by atoms with van der Waals surface area (Å²) >= 11 is 0.553. The molecule has 2 aromatic rings. The molecule has 0 aliphatic heterocycles. The Morgan fingerprint density at radius 2 is 1.88 bits per heavy atom. The van der Waals surface area contributed by atoms with E-state index in [9.17, 15) is 13.6 Å². The van der Waals surface area contributed by atoms with Crippen molar-refractivity contribution >= 4 is 23.4 Å². The summed E-state index contributed by atoms with van der Waals surface area (Å²) < 4.78 is 29.9. The second-order valence-electron chi connectivity index (χ2n) is 6.43. The van der Waals surface area contributed by atoms with Gasteiger partial charge in [-0.15, -0.1) is 0 Å². The van der Waals surface area contributed by atoms with Crippen LogP contribution in [-0.4, -0.2) is 11.7 Å². The number of alkyl halides is 2. The summed E-state index contributed by atoms with van der Waals surface area (Å²) in [6.07, 6.45) is 1.97. The molecule has 140 valence electrons. The lowest BCUT2D eigenvalue weighted by molar-refractivity contribution is -0.117. The third kappa shape index (κ3) is 5.57. The van der Waals surface area contributed by atoms with Crippen LogP contribution in [0.25, 0.3) is 0 Å². The maximum Gasteiger partial charge on any atom is 0.284 e. The molecular weight excluding hydrogens is 358 g/mol. The summed E-state index contributed by atoms with van der Waals surface area (Å²) in [6.45, 7) is 2.55. The highest BCUT2D eigenvalue weighted by Crippen LogP contribution is 2.30. The standard InChI is InChI=1S/C19H22F2N2O2S/c1-12(22-10-16-8-9-17(25-16)11-26-19(20)21)13-4-6-15(7-5-13)23-18(24)14-2-3-14/h4-9,12,14,19,22H,2-3,10-11H2,1H3,(H,23,24). The number of hydrogen-bond donors (Lipinski definition) is 2. The molecule has 1 fully saturated rings. The Bertz CT molecular complexity index is 729. The number of furan rings is 1. The van der Waals surface area contributed by atoms with Crippen molar-refractivity contribution in [3.8, 4) is 0 Å². The van der Waals surface area contributed by atoms with Crippen LogP contribution in [0, 0.1) is 5.92 Å². The molecule has 1 aliphatic carbocycles. The Kier molecular flexibility index (Phi) is 6.32. The maximum absolute atomic E-state index is 12.2. The summed E-state index contributed by atoms with van der Waals surface area (Å²) in [7, 11) is 0. The van der Waals surface area contributed by atoms with E-state index >= 15 is 0 Å². The quantitative estimate of drug-likeness (QED) is 0.647. The van der Waals surface area contributed by atoms with Crippen LogP contribution in [0.5, 0.6) is 0 Å². The molecule has 0 bridgehead atoms. The van der Waals surface area contributed by atoms with E-state index in [1.54, 1.807) is 12.1 Å². The predicted octanol–water partition coefficient (Wildman–Crippen LogP) is 4.93. The minimum absolute atomic E-state index is 0.0900. The van der Waals surface area contributed by atoms with Crippen LogP contribution >= 0.6 is 11.8 Å². The second-order valence-corrected chi connectivity index (χ2v) is 7.41. The zero-order valence-electron chi connectivity index (χ0n) is 14.5. The van der Waals surface area contributed by atoms with Crippen LogP contribution in [0.1, 0.15) is 42.9 Å². The van der Waals surface area contributed by atoms with E-state index in [0.29, 0.717) is 24.1 Å². The summed E-state index contributed by atoms with van der Waals surface area (Å²) in [6, 6.07) is 11.4. The van der Waals surface area contributed by atoms with E-state index in [1.165, 1.54) is 0 Å². The molecule has 1 amide bonds. The molecule has 3 rings (SSSR count). The van der Waals surface area contributed by atoms with Crippen LogP contribution in [-0.2, 0) is 17.1 Å². The number of thioether (sulfide) groups is 1. The Morgan fingerprint density at radius 1 is 1.19 bits per heavy atom. The van der Waals surface area contributed by atoms with Crippen molar-refractivity contribution in [1.82, 2.24) is 5.32 Å². The number of benzene rings is 1. The average Bonchev–Trinajstić information content (AvgIpc) is 3.38. The van der Waals surface area contributed by atoms with E-state index in [4.69, 9.17) is 4.42 Å². The molecule has 2 N–H and O–H groups in total. The van der Waals surface area contributed by atoms with Gasteiger partial charge in [0.1, 0.15) is 11.5 Å². The summed E-state index contributed by atoms with van der Waals surface area (Å²) in [5.41, 5.74) is 1.90. The van der Waals surface area contributed by atoms with E-state index < -0.39 is 5.76 Å². The van der Waals surface area contributed by atoms with Gasteiger partial charge in [-0.3, -0.25) is 4.79 Å². The molecule has 7 heteroatoms. The van der Waals surface area contributed by atoms with Crippen molar-refractivity contribution in [3.63, 3.8) is 0 Å². The number of carbonyl (C=O) groups excluding carboxylic acids is 1. The number of rotatable bonds is 9. The van der Waals surface area contributed by atoms with Gasteiger partial charge in [0.05, 0.1) is 12.3 Å². The maximum atomic E-state index is 12.2. The molecule has 26 heavy (non-hydrogen) atoms. The van der Waals surface area contributed by atoms with Gasteiger partial charge in [-0.1, -0.05) is 23.9 Å². The van der Waals surface area contributed by atoms with Crippen LogP contribution < -0.4 is 10.6 Å². The lowest BCUT2D eigenvalue weighted by Crippen LogP contribution is -2.18. The predicted molar refractivity (Wildman–Crippen MR) is 99.1 cm³/mol. The summed E-state index contributed by atoms with van der Waals surface area (Å²) in [5.74, 6) is -0.666. The topological polar surface area (TPSA) is 54.3 Å². The van der Waals surface area contributed by atoms with E-state index in [0.717, 1.165) is 29.9 Å². The fourth-order valence-electron chi connectivity index (χ4n) is 2.56. The highest BCUT2D eigenvalue weighted by molar-refractivity contribution is 7.98. The molecule has 0 radical (unpaired) electrons. The Morgan fingerprint density at radius 3 is 2.54 bits per heavy atom. The fourth-order valence-corrected chi connectivity index (χ4v) is 3.00. The van der Waals surface area contributed by atoms with Crippen molar-refractivity contribution in [2.75, 3.05) is 5.32 Å². The van der Waals surface area contributed by atoms with Gasteiger partial charge in [0.2, 0.25) is 5.91 Å². The van der Waals surface area contributed by atoms with E-state index in [2.05, 4.69) is 10.6 Å². The van der Waals surface area contributed by atoms with Crippen molar-refractivity contribution in [2.45, 2.75) is 43.9 Å². The van der Waals surface area contributed by atoms with Crippen molar-refractivity contribution in [1.29, 1.82) is 0 Å². The number of nitrogens with one attached hydrogen (secondary N) is 2. The average molecular weight is 380 g/mol.